The summed E-state index contributed by atoms with van der Waals surface area (Å²) in [5.74, 6) is -0.319. The van der Waals surface area contributed by atoms with Crippen LogP contribution in [0.3, 0.4) is 0 Å². The van der Waals surface area contributed by atoms with Crippen LogP contribution in [0.4, 0.5) is 4.39 Å². The predicted molar refractivity (Wildman–Crippen MR) is 78.3 cm³/mol. The highest BCUT2D eigenvalue weighted by molar-refractivity contribution is 5.96. The van der Waals surface area contributed by atoms with Crippen LogP contribution in [0.5, 0.6) is 11.5 Å². The summed E-state index contributed by atoms with van der Waals surface area (Å²) in [7, 11) is 0. The summed E-state index contributed by atoms with van der Waals surface area (Å²) >= 11 is 0. The molecule has 2 aromatic carbocycles. The molecule has 0 bridgehead atoms. The van der Waals surface area contributed by atoms with Gasteiger partial charge in [-0.25, -0.2) is 4.39 Å². The monoisotopic (exact) mass is 316 g/mol. The third-order valence-electron chi connectivity index (χ3n) is 3.20. The number of halogens is 1. The number of nitrogens with one attached hydrogen (secondary N) is 2. The molecule has 0 unspecified atom stereocenters. The number of carbonyl (C=O) groups is 2. The van der Waals surface area contributed by atoms with Crippen molar-refractivity contribution in [3.63, 3.8) is 0 Å². The zero-order valence-electron chi connectivity index (χ0n) is 12.0. The second kappa shape index (κ2) is 6.35. The Hall–Kier alpha value is -3.09. The van der Waals surface area contributed by atoms with E-state index in [0.29, 0.717) is 22.6 Å². The number of amides is 2. The molecular weight excluding hydrogens is 303 g/mol. The van der Waals surface area contributed by atoms with Gasteiger partial charge in [0.2, 0.25) is 12.7 Å². The lowest BCUT2D eigenvalue weighted by Crippen LogP contribution is -2.42. The van der Waals surface area contributed by atoms with Crippen molar-refractivity contribution in [2.24, 2.45) is 0 Å². The van der Waals surface area contributed by atoms with E-state index in [4.69, 9.17) is 9.47 Å². The van der Waals surface area contributed by atoms with E-state index in [1.165, 1.54) is 24.3 Å². The van der Waals surface area contributed by atoms with Crippen LogP contribution in [0.15, 0.2) is 42.5 Å². The number of benzene rings is 2. The minimum atomic E-state index is -0.490. The number of rotatable bonds is 3. The quantitative estimate of drug-likeness (QED) is 0.843. The van der Waals surface area contributed by atoms with E-state index < -0.39 is 17.6 Å². The van der Waals surface area contributed by atoms with Crippen LogP contribution in [-0.4, -0.2) is 18.6 Å². The molecule has 118 valence electrons. The van der Waals surface area contributed by atoms with Gasteiger partial charge in [-0.05, 0) is 35.9 Å². The molecule has 0 saturated carbocycles. The summed E-state index contributed by atoms with van der Waals surface area (Å²) in [6, 6.07) is 10.4. The van der Waals surface area contributed by atoms with Crippen molar-refractivity contribution in [1.29, 1.82) is 0 Å². The highest BCUT2D eigenvalue weighted by Gasteiger charge is 2.16. The fourth-order valence-corrected chi connectivity index (χ4v) is 2.11. The van der Waals surface area contributed by atoms with E-state index in [0.717, 1.165) is 0 Å². The summed E-state index contributed by atoms with van der Waals surface area (Å²) in [5, 5.41) is 0. The van der Waals surface area contributed by atoms with Gasteiger partial charge in [0.25, 0.3) is 5.91 Å². The van der Waals surface area contributed by atoms with Gasteiger partial charge in [-0.15, -0.1) is 0 Å². The topological polar surface area (TPSA) is 76.7 Å². The maximum atomic E-state index is 13.0. The lowest BCUT2D eigenvalue weighted by atomic mass is 10.1. The first-order valence-corrected chi connectivity index (χ1v) is 6.85. The molecule has 0 saturated heterocycles. The third kappa shape index (κ3) is 3.57. The Morgan fingerprint density at radius 2 is 1.87 bits per heavy atom. The second-order valence-electron chi connectivity index (χ2n) is 4.88. The Morgan fingerprint density at radius 3 is 2.70 bits per heavy atom. The van der Waals surface area contributed by atoms with Gasteiger partial charge in [0, 0.05) is 5.56 Å². The minimum Gasteiger partial charge on any atom is -0.454 e. The summed E-state index contributed by atoms with van der Waals surface area (Å²) in [4.78, 5) is 23.7. The molecule has 0 spiro atoms. The highest BCUT2D eigenvalue weighted by Crippen LogP contribution is 2.32. The Balaban J connectivity index is 1.55. The van der Waals surface area contributed by atoms with Crippen LogP contribution in [0, 0.1) is 5.82 Å². The van der Waals surface area contributed by atoms with Gasteiger partial charge in [-0.3, -0.25) is 20.4 Å². The van der Waals surface area contributed by atoms with Crippen molar-refractivity contribution in [2.45, 2.75) is 6.42 Å². The molecule has 1 heterocycles. The van der Waals surface area contributed by atoms with E-state index in [1.54, 1.807) is 18.2 Å². The van der Waals surface area contributed by atoms with Gasteiger partial charge in [0.05, 0.1) is 6.42 Å². The van der Waals surface area contributed by atoms with Crippen molar-refractivity contribution in [1.82, 2.24) is 10.9 Å². The summed E-state index contributed by atoms with van der Waals surface area (Å²) in [6.45, 7) is 0.116. The van der Waals surface area contributed by atoms with Gasteiger partial charge in [-0.2, -0.15) is 0 Å². The maximum Gasteiger partial charge on any atom is 0.269 e. The first-order chi connectivity index (χ1) is 11.1. The fourth-order valence-electron chi connectivity index (χ4n) is 2.11. The van der Waals surface area contributed by atoms with Gasteiger partial charge < -0.3 is 9.47 Å². The molecule has 3 rings (SSSR count). The van der Waals surface area contributed by atoms with Gasteiger partial charge >= 0.3 is 0 Å². The smallest absolute Gasteiger partial charge is 0.269 e. The molecular formula is C16H13FN2O4. The fraction of sp³-hybridized carbons (Fsp3) is 0.125. The first kappa shape index (κ1) is 14.8. The zero-order chi connectivity index (χ0) is 16.2. The molecule has 1 aliphatic heterocycles. The van der Waals surface area contributed by atoms with Gasteiger partial charge in [0.15, 0.2) is 11.5 Å². The summed E-state index contributed by atoms with van der Waals surface area (Å²) in [6.07, 6.45) is -0.0425. The molecule has 0 aromatic heterocycles. The summed E-state index contributed by atoms with van der Waals surface area (Å²) < 4.78 is 23.4. The second-order valence-corrected chi connectivity index (χ2v) is 4.88. The SMILES string of the molecule is O=C(Cc1cccc(F)c1)NNC(=O)c1ccc2c(c1)OCO2. The number of ether oxygens (including phenoxy) is 2. The Morgan fingerprint density at radius 1 is 1.04 bits per heavy atom. The number of fused-ring (bicyclic) bond motifs is 1. The van der Waals surface area contributed by atoms with Crippen LogP contribution < -0.4 is 20.3 Å². The Kier molecular flexibility index (Phi) is 4.09. The van der Waals surface area contributed by atoms with E-state index in [9.17, 15) is 14.0 Å². The van der Waals surface area contributed by atoms with Crippen LogP contribution in [-0.2, 0) is 11.2 Å². The van der Waals surface area contributed by atoms with Crippen LogP contribution >= 0.6 is 0 Å². The van der Waals surface area contributed by atoms with Crippen molar-refractivity contribution in [2.75, 3.05) is 6.79 Å². The molecule has 0 aliphatic carbocycles. The molecule has 1 aliphatic rings. The third-order valence-corrected chi connectivity index (χ3v) is 3.20. The van der Waals surface area contributed by atoms with Crippen molar-refractivity contribution in [3.8, 4) is 11.5 Å². The summed E-state index contributed by atoms with van der Waals surface area (Å²) in [5.41, 5.74) is 5.41. The lowest BCUT2D eigenvalue weighted by molar-refractivity contribution is -0.121. The van der Waals surface area contributed by atoms with Gasteiger partial charge in [0.1, 0.15) is 5.82 Å². The number of hydrogen-bond donors (Lipinski definition) is 2. The normalized spacial score (nSPS) is 11.9. The number of hydrogen-bond acceptors (Lipinski definition) is 4. The predicted octanol–water partition coefficient (Wildman–Crippen LogP) is 1.56. The average molecular weight is 316 g/mol. The first-order valence-electron chi connectivity index (χ1n) is 6.85. The molecule has 6 nitrogen and oxygen atoms in total. The minimum absolute atomic E-state index is 0.0425. The molecule has 0 fully saturated rings. The highest BCUT2D eigenvalue weighted by atomic mass is 19.1. The molecule has 23 heavy (non-hydrogen) atoms. The molecule has 7 heteroatoms. The molecule has 0 radical (unpaired) electrons. The molecule has 2 aromatic rings. The van der Waals surface area contributed by atoms with Gasteiger partial charge in [-0.1, -0.05) is 12.1 Å². The number of hydrazine groups is 1. The molecule has 2 amide bonds. The zero-order valence-corrected chi connectivity index (χ0v) is 12.0. The van der Waals surface area contributed by atoms with E-state index in [1.807, 2.05) is 0 Å². The number of carbonyl (C=O) groups excluding carboxylic acids is 2. The van der Waals surface area contributed by atoms with E-state index >= 15 is 0 Å². The largest absolute Gasteiger partial charge is 0.454 e. The van der Waals surface area contributed by atoms with Crippen molar-refractivity contribution < 1.29 is 23.5 Å². The standard InChI is InChI=1S/C16H13FN2O4/c17-12-3-1-2-10(6-12)7-15(20)18-19-16(21)11-4-5-13-14(8-11)23-9-22-13/h1-6,8H,7,9H2,(H,18,20)(H,19,21). The van der Waals surface area contributed by atoms with Crippen LogP contribution in [0.1, 0.15) is 15.9 Å². The lowest BCUT2D eigenvalue weighted by Gasteiger charge is -2.08. The average Bonchev–Trinajstić information content (AvgIpc) is 3.00. The Bertz CT molecular complexity index is 763. The maximum absolute atomic E-state index is 13.0. The molecule has 2 N–H and O–H groups in total. The van der Waals surface area contributed by atoms with E-state index in [-0.39, 0.29) is 13.2 Å². The van der Waals surface area contributed by atoms with Crippen LogP contribution in [0.2, 0.25) is 0 Å². The Labute approximate surface area is 131 Å². The van der Waals surface area contributed by atoms with Crippen LogP contribution in [0.25, 0.3) is 0 Å². The van der Waals surface area contributed by atoms with E-state index in [2.05, 4.69) is 10.9 Å². The van der Waals surface area contributed by atoms with Crippen molar-refractivity contribution >= 4 is 11.8 Å². The van der Waals surface area contributed by atoms with Crippen molar-refractivity contribution in [3.05, 3.63) is 59.4 Å². The molecule has 0 atom stereocenters.